The summed E-state index contributed by atoms with van der Waals surface area (Å²) < 4.78 is 18.9. The zero-order chi connectivity index (χ0) is 31.5. The average Bonchev–Trinajstić information content (AvgIpc) is 3.44. The van der Waals surface area contributed by atoms with Crippen LogP contribution in [0.5, 0.6) is 0 Å². The number of nitrogens with zero attached hydrogens (tertiary/aromatic N) is 2. The highest BCUT2D eigenvalue weighted by Gasteiger charge is 2.22. The molecule has 1 unspecified atom stereocenters. The lowest BCUT2D eigenvalue weighted by Gasteiger charge is -2.38. The van der Waals surface area contributed by atoms with Crippen molar-refractivity contribution in [1.29, 1.82) is 0 Å². The summed E-state index contributed by atoms with van der Waals surface area (Å²) in [6, 6.07) is 5.40. The van der Waals surface area contributed by atoms with Gasteiger partial charge in [-0.2, -0.15) is 0 Å². The fourth-order valence-corrected chi connectivity index (χ4v) is 4.94. The second kappa shape index (κ2) is 20.1. The maximum Gasteiger partial charge on any atom is 0.220 e. The first-order valence-electron chi connectivity index (χ1n) is 15.4. The third-order valence-electron chi connectivity index (χ3n) is 7.43. The molecule has 0 bridgehead atoms. The van der Waals surface area contributed by atoms with Gasteiger partial charge < -0.3 is 19.8 Å². The number of H-pyrrole nitrogens is 1. The van der Waals surface area contributed by atoms with Gasteiger partial charge in [-0.3, -0.25) is 9.69 Å². The molecule has 0 radical (unpaired) electrons. The van der Waals surface area contributed by atoms with Gasteiger partial charge in [-0.15, -0.1) is 6.58 Å². The minimum Gasteiger partial charge on any atom is -0.381 e. The zero-order valence-electron chi connectivity index (χ0n) is 26.9. The van der Waals surface area contributed by atoms with Crippen LogP contribution in [0.15, 0.2) is 37.1 Å². The monoisotopic (exact) mass is 586 g/mol. The Balaban J connectivity index is 0.000000312. The molecule has 2 aromatic rings. The topological polar surface area (TPSA) is 87.3 Å². The molecule has 0 aliphatic carbocycles. The molecular weight excluding hydrogens is 531 g/mol. The standard InChI is InChI=1S/C12H13FN2.C12H21NO2.C9H19N.CH2O/c1-3-12-14-7-11(15-12)9-5-4-8(2)6-10(9)13;1-3-4-10(2)13-12(14)9-11-5-7-15-8-6-11;1-9(2,3)10-7-5-4-6-8-10;1-2/h4-7H,3H2,1-2H3,(H,14,15);3,10-11H,1,4-9H2,2H3,(H,13,14);4-8H2,1-3H3;1H2. The maximum absolute atomic E-state index is 13.6. The molecule has 2 aliphatic rings. The molecule has 0 saturated carbocycles. The second-order valence-corrected chi connectivity index (χ2v) is 12.1. The van der Waals surface area contributed by atoms with Crippen LogP contribution in [0.25, 0.3) is 11.3 Å². The van der Waals surface area contributed by atoms with E-state index < -0.39 is 0 Å². The summed E-state index contributed by atoms with van der Waals surface area (Å²) in [7, 11) is 0. The number of amides is 1. The Morgan fingerprint density at radius 1 is 1.21 bits per heavy atom. The molecule has 42 heavy (non-hydrogen) atoms. The van der Waals surface area contributed by atoms with E-state index in [0.717, 1.165) is 56.0 Å². The van der Waals surface area contributed by atoms with Crippen molar-refractivity contribution in [2.75, 3.05) is 26.3 Å². The minimum absolute atomic E-state index is 0.163. The van der Waals surface area contributed by atoms with Crippen molar-refractivity contribution in [3.63, 3.8) is 0 Å². The van der Waals surface area contributed by atoms with Crippen LogP contribution in [0.4, 0.5) is 4.39 Å². The summed E-state index contributed by atoms with van der Waals surface area (Å²) >= 11 is 0. The molecule has 2 aliphatic heterocycles. The Bertz CT molecular complexity index is 1040. The van der Waals surface area contributed by atoms with E-state index in [1.54, 1.807) is 12.3 Å². The van der Waals surface area contributed by atoms with Crippen LogP contribution in [0.2, 0.25) is 0 Å². The normalized spacial score (nSPS) is 16.4. The summed E-state index contributed by atoms with van der Waals surface area (Å²) in [6.07, 6.45) is 12.1. The number of aromatic amines is 1. The maximum atomic E-state index is 13.6. The summed E-state index contributed by atoms with van der Waals surface area (Å²) in [6.45, 7) is 22.7. The van der Waals surface area contributed by atoms with E-state index in [4.69, 9.17) is 9.53 Å². The van der Waals surface area contributed by atoms with Gasteiger partial charge >= 0.3 is 0 Å². The third-order valence-corrected chi connectivity index (χ3v) is 7.43. The molecule has 1 aromatic heterocycles. The average molecular weight is 587 g/mol. The summed E-state index contributed by atoms with van der Waals surface area (Å²) in [5.74, 6) is 1.34. The van der Waals surface area contributed by atoms with Crippen LogP contribution < -0.4 is 5.32 Å². The van der Waals surface area contributed by atoms with E-state index in [1.807, 2.05) is 39.7 Å². The number of aryl methyl sites for hydroxylation is 2. The lowest BCUT2D eigenvalue weighted by Crippen LogP contribution is -2.44. The lowest BCUT2D eigenvalue weighted by atomic mass is 9.96. The Labute approximate surface area is 253 Å². The van der Waals surface area contributed by atoms with Crippen molar-refractivity contribution in [2.45, 2.75) is 104 Å². The molecular formula is C34H55FN4O3. The number of hydrogen-bond donors (Lipinski definition) is 2. The highest BCUT2D eigenvalue weighted by Crippen LogP contribution is 2.22. The van der Waals surface area contributed by atoms with E-state index in [1.165, 1.54) is 38.4 Å². The lowest BCUT2D eigenvalue weighted by molar-refractivity contribution is -0.123. The first-order chi connectivity index (χ1) is 20.0. The minimum atomic E-state index is -0.207. The van der Waals surface area contributed by atoms with Gasteiger partial charge in [0.05, 0.1) is 11.9 Å². The van der Waals surface area contributed by atoms with Gasteiger partial charge in [0.2, 0.25) is 5.91 Å². The highest BCUT2D eigenvalue weighted by atomic mass is 19.1. The predicted octanol–water partition coefficient (Wildman–Crippen LogP) is 7.06. The van der Waals surface area contributed by atoms with E-state index in [2.05, 4.69) is 47.5 Å². The number of hydrogen-bond acceptors (Lipinski definition) is 5. The van der Waals surface area contributed by atoms with E-state index >= 15 is 0 Å². The Kier molecular flexibility index (Phi) is 17.8. The number of halogens is 1. The number of imidazole rings is 1. The van der Waals surface area contributed by atoms with Gasteiger partial charge in [-0.05, 0) is 103 Å². The van der Waals surface area contributed by atoms with Crippen molar-refractivity contribution < 1.29 is 18.7 Å². The number of rotatable bonds is 7. The summed E-state index contributed by atoms with van der Waals surface area (Å²) in [4.78, 5) is 29.4. The molecule has 236 valence electrons. The smallest absolute Gasteiger partial charge is 0.220 e. The molecule has 3 heterocycles. The van der Waals surface area contributed by atoms with Crippen LogP contribution in [0.3, 0.4) is 0 Å². The molecule has 1 amide bonds. The van der Waals surface area contributed by atoms with Crippen molar-refractivity contribution in [2.24, 2.45) is 5.92 Å². The molecule has 4 rings (SSSR count). The van der Waals surface area contributed by atoms with Gasteiger partial charge in [0.15, 0.2) is 0 Å². The molecule has 2 fully saturated rings. The molecule has 1 aromatic carbocycles. The molecule has 0 spiro atoms. The van der Waals surface area contributed by atoms with Crippen LogP contribution in [-0.2, 0) is 20.7 Å². The second-order valence-electron chi connectivity index (χ2n) is 12.1. The number of carbonyl (C=O) groups excluding carboxylic acids is 2. The molecule has 7 nitrogen and oxygen atoms in total. The Morgan fingerprint density at radius 3 is 2.36 bits per heavy atom. The fraction of sp³-hybridized carbons (Fsp3) is 0.618. The SMILES string of the molecule is C=CCC(C)NC(=O)CC1CCOCC1.C=O.CC(C)(C)N1CCCCC1.CCc1ncc(-c2ccc(C)cc2F)[nH]1. The highest BCUT2D eigenvalue weighted by molar-refractivity contribution is 5.76. The van der Waals surface area contributed by atoms with Gasteiger partial charge in [0.1, 0.15) is 18.4 Å². The quantitative estimate of drug-likeness (QED) is 0.339. The van der Waals surface area contributed by atoms with Crippen molar-refractivity contribution in [3.8, 4) is 11.3 Å². The third kappa shape index (κ3) is 14.4. The largest absolute Gasteiger partial charge is 0.381 e. The van der Waals surface area contributed by atoms with Crippen molar-refractivity contribution >= 4 is 12.7 Å². The van der Waals surface area contributed by atoms with E-state index in [-0.39, 0.29) is 17.8 Å². The first kappa shape index (κ1) is 37.2. The molecule has 2 saturated heterocycles. The van der Waals surface area contributed by atoms with Crippen molar-refractivity contribution in [1.82, 2.24) is 20.2 Å². The van der Waals surface area contributed by atoms with Crippen LogP contribution in [0.1, 0.15) is 91.0 Å². The predicted molar refractivity (Wildman–Crippen MR) is 171 cm³/mol. The molecule has 1 atom stereocenters. The number of likely N-dealkylation sites (tertiary alicyclic amines) is 1. The van der Waals surface area contributed by atoms with Gasteiger partial charge in [0.25, 0.3) is 0 Å². The van der Waals surface area contributed by atoms with Crippen molar-refractivity contribution in [3.05, 3.63) is 54.3 Å². The number of benzene rings is 1. The molecule has 2 N–H and O–H groups in total. The zero-order valence-corrected chi connectivity index (χ0v) is 26.9. The van der Waals surface area contributed by atoms with Gasteiger partial charge in [-0.1, -0.05) is 25.5 Å². The Hall–Kier alpha value is -2.84. The van der Waals surface area contributed by atoms with Gasteiger partial charge in [-0.25, -0.2) is 9.37 Å². The fourth-order valence-electron chi connectivity index (χ4n) is 4.94. The Morgan fingerprint density at radius 2 is 1.86 bits per heavy atom. The van der Waals surface area contributed by atoms with Crippen LogP contribution >= 0.6 is 0 Å². The first-order valence-corrected chi connectivity index (χ1v) is 15.4. The summed E-state index contributed by atoms with van der Waals surface area (Å²) in [5, 5.41) is 2.98. The number of ether oxygens (including phenoxy) is 1. The summed E-state index contributed by atoms with van der Waals surface area (Å²) in [5.41, 5.74) is 2.64. The van der Waals surface area contributed by atoms with E-state index in [0.29, 0.717) is 23.4 Å². The number of aromatic nitrogens is 2. The number of piperidine rings is 1. The van der Waals surface area contributed by atoms with Crippen LogP contribution in [-0.4, -0.2) is 65.4 Å². The van der Waals surface area contributed by atoms with Gasteiger partial charge in [0, 0.05) is 43.2 Å². The van der Waals surface area contributed by atoms with E-state index in [9.17, 15) is 9.18 Å². The number of carbonyl (C=O) groups is 2. The number of nitrogens with one attached hydrogen (secondary N) is 2. The molecule has 8 heteroatoms. The van der Waals surface area contributed by atoms with Crippen LogP contribution in [0, 0.1) is 18.7 Å².